The zero-order valence-corrected chi connectivity index (χ0v) is 14.5. The van der Waals surface area contributed by atoms with E-state index in [0.717, 1.165) is 43.8 Å². The molecule has 0 bridgehead atoms. The van der Waals surface area contributed by atoms with Crippen molar-refractivity contribution < 1.29 is 4.74 Å². The van der Waals surface area contributed by atoms with Gasteiger partial charge in [0.05, 0.1) is 7.11 Å². The van der Waals surface area contributed by atoms with Crippen molar-refractivity contribution in [2.24, 2.45) is 0 Å². The lowest BCUT2D eigenvalue weighted by molar-refractivity contribution is 0.412. The molecule has 0 saturated carbocycles. The smallest absolute Gasteiger partial charge is 0.235 e. The van der Waals surface area contributed by atoms with Crippen LogP contribution in [0.25, 0.3) is 26.9 Å². The van der Waals surface area contributed by atoms with Crippen LogP contribution in [-0.4, -0.2) is 26.9 Å². The molecular formula is C18H16N4OS. The molecule has 0 aliphatic heterocycles. The van der Waals surface area contributed by atoms with Gasteiger partial charge in [0.25, 0.3) is 0 Å². The first-order valence-electron chi connectivity index (χ1n) is 7.60. The summed E-state index contributed by atoms with van der Waals surface area (Å²) < 4.78 is 7.15. The Bertz CT molecular complexity index is 1030. The molecule has 5 nitrogen and oxygen atoms in total. The second-order valence-electron chi connectivity index (χ2n) is 5.62. The SMILES string of the molecule is COc1ccc(-c2nn3c(-c4ccccc4C)nnc3s2)cc1C. The van der Waals surface area contributed by atoms with E-state index < -0.39 is 0 Å². The highest BCUT2D eigenvalue weighted by molar-refractivity contribution is 7.19. The van der Waals surface area contributed by atoms with Gasteiger partial charge in [0.1, 0.15) is 10.8 Å². The predicted octanol–water partition coefficient (Wildman–Crippen LogP) is 4.15. The number of hydrogen-bond donors (Lipinski definition) is 0. The summed E-state index contributed by atoms with van der Waals surface area (Å²) in [4.78, 5) is 0.789. The Morgan fingerprint density at radius 3 is 2.58 bits per heavy atom. The molecular weight excluding hydrogens is 320 g/mol. The third-order valence-electron chi connectivity index (χ3n) is 4.02. The Morgan fingerprint density at radius 1 is 1.00 bits per heavy atom. The van der Waals surface area contributed by atoms with Crippen molar-refractivity contribution in [1.82, 2.24) is 19.8 Å². The van der Waals surface area contributed by atoms with Crippen LogP contribution in [0.15, 0.2) is 42.5 Å². The highest BCUT2D eigenvalue weighted by Crippen LogP contribution is 2.31. The lowest BCUT2D eigenvalue weighted by atomic mass is 10.1. The fraction of sp³-hybridized carbons (Fsp3) is 0.167. The lowest BCUT2D eigenvalue weighted by Crippen LogP contribution is -1.93. The molecule has 4 rings (SSSR count). The van der Waals surface area contributed by atoms with E-state index in [0.29, 0.717) is 0 Å². The number of rotatable bonds is 3. The number of fused-ring (bicyclic) bond motifs is 1. The van der Waals surface area contributed by atoms with Crippen molar-refractivity contribution in [2.45, 2.75) is 13.8 Å². The van der Waals surface area contributed by atoms with Crippen LogP contribution in [0, 0.1) is 13.8 Å². The molecule has 0 saturated heterocycles. The summed E-state index contributed by atoms with van der Waals surface area (Å²) >= 11 is 1.53. The molecule has 0 N–H and O–H groups in total. The van der Waals surface area contributed by atoms with Crippen molar-refractivity contribution in [3.63, 3.8) is 0 Å². The average Bonchev–Trinajstić information content (AvgIpc) is 3.16. The third-order valence-corrected chi connectivity index (χ3v) is 4.97. The number of aromatic nitrogens is 4. The Hall–Kier alpha value is -2.73. The maximum atomic E-state index is 5.33. The van der Waals surface area contributed by atoms with Crippen LogP contribution in [-0.2, 0) is 0 Å². The number of ether oxygens (including phenoxy) is 1. The number of aryl methyl sites for hydroxylation is 2. The summed E-state index contributed by atoms with van der Waals surface area (Å²) in [5, 5.41) is 14.2. The first-order chi connectivity index (χ1) is 11.7. The average molecular weight is 336 g/mol. The third kappa shape index (κ3) is 2.35. The maximum Gasteiger partial charge on any atom is 0.235 e. The van der Waals surface area contributed by atoms with E-state index in [-0.39, 0.29) is 0 Å². The summed E-state index contributed by atoms with van der Waals surface area (Å²) in [5.74, 6) is 1.65. The zero-order chi connectivity index (χ0) is 16.7. The maximum absolute atomic E-state index is 5.33. The molecule has 6 heteroatoms. The highest BCUT2D eigenvalue weighted by atomic mass is 32.1. The molecule has 0 unspecified atom stereocenters. The van der Waals surface area contributed by atoms with Crippen LogP contribution in [0.1, 0.15) is 11.1 Å². The summed E-state index contributed by atoms with van der Waals surface area (Å²) in [6, 6.07) is 14.2. The van der Waals surface area contributed by atoms with E-state index in [1.807, 2.05) is 41.8 Å². The Kier molecular flexibility index (Phi) is 3.54. The molecule has 0 aliphatic rings. The normalized spacial score (nSPS) is 11.1. The molecule has 120 valence electrons. The Labute approximate surface area is 143 Å². The van der Waals surface area contributed by atoms with Crippen LogP contribution in [0.4, 0.5) is 0 Å². The standard InChI is InChI=1S/C18H16N4OS/c1-11-6-4-5-7-14(11)16-19-20-18-22(16)21-17(24-18)13-8-9-15(23-3)12(2)10-13/h4-10H,1-3H3. The second-order valence-corrected chi connectivity index (χ2v) is 6.58. The number of methoxy groups -OCH3 is 1. The summed E-state index contributed by atoms with van der Waals surface area (Å²) in [5.41, 5.74) is 4.34. The van der Waals surface area contributed by atoms with Crippen LogP contribution in [0.2, 0.25) is 0 Å². The van der Waals surface area contributed by atoms with E-state index in [4.69, 9.17) is 9.84 Å². The highest BCUT2D eigenvalue weighted by Gasteiger charge is 2.16. The van der Waals surface area contributed by atoms with E-state index in [2.05, 4.69) is 29.3 Å². The van der Waals surface area contributed by atoms with Gasteiger partial charge in [0, 0.05) is 11.1 Å². The largest absolute Gasteiger partial charge is 0.496 e. The van der Waals surface area contributed by atoms with Crippen molar-refractivity contribution in [2.75, 3.05) is 7.11 Å². The number of hydrogen-bond acceptors (Lipinski definition) is 5. The molecule has 0 spiro atoms. The van der Waals surface area contributed by atoms with Crippen molar-refractivity contribution in [3.05, 3.63) is 53.6 Å². The molecule has 0 aliphatic carbocycles. The van der Waals surface area contributed by atoms with E-state index in [9.17, 15) is 0 Å². The van der Waals surface area contributed by atoms with Gasteiger partial charge in [-0.25, -0.2) is 0 Å². The van der Waals surface area contributed by atoms with Crippen LogP contribution in [0.3, 0.4) is 0 Å². The first kappa shape index (κ1) is 14.8. The van der Waals surface area contributed by atoms with Crippen LogP contribution < -0.4 is 4.74 Å². The summed E-state index contributed by atoms with van der Waals surface area (Å²) in [6.45, 7) is 4.10. The van der Waals surface area contributed by atoms with Gasteiger partial charge < -0.3 is 4.74 Å². The van der Waals surface area contributed by atoms with Gasteiger partial charge in [-0.05, 0) is 43.2 Å². The van der Waals surface area contributed by atoms with Crippen LogP contribution >= 0.6 is 11.3 Å². The van der Waals surface area contributed by atoms with E-state index >= 15 is 0 Å². The van der Waals surface area contributed by atoms with Crippen molar-refractivity contribution in [1.29, 1.82) is 0 Å². The van der Waals surface area contributed by atoms with Gasteiger partial charge >= 0.3 is 0 Å². The minimum atomic E-state index is 0.774. The van der Waals surface area contributed by atoms with Gasteiger partial charge in [0.15, 0.2) is 5.82 Å². The Morgan fingerprint density at radius 2 is 1.83 bits per heavy atom. The quantitative estimate of drug-likeness (QED) is 0.564. The molecule has 0 radical (unpaired) electrons. The predicted molar refractivity (Wildman–Crippen MR) is 95.6 cm³/mol. The fourth-order valence-corrected chi connectivity index (χ4v) is 3.57. The van der Waals surface area contributed by atoms with E-state index in [1.54, 1.807) is 7.11 Å². The molecule has 0 amide bonds. The molecule has 4 aromatic rings. The summed E-state index contributed by atoms with van der Waals surface area (Å²) in [7, 11) is 1.68. The summed E-state index contributed by atoms with van der Waals surface area (Å²) in [6.07, 6.45) is 0. The van der Waals surface area contributed by atoms with Gasteiger partial charge in [-0.15, -0.1) is 10.2 Å². The van der Waals surface area contributed by atoms with Gasteiger partial charge in [0.2, 0.25) is 4.96 Å². The van der Waals surface area contributed by atoms with E-state index in [1.165, 1.54) is 11.3 Å². The second kappa shape index (κ2) is 5.72. The number of nitrogens with zero attached hydrogens (tertiary/aromatic N) is 4. The molecule has 0 atom stereocenters. The molecule has 0 fully saturated rings. The molecule has 2 aromatic carbocycles. The monoisotopic (exact) mass is 336 g/mol. The van der Waals surface area contributed by atoms with Gasteiger partial charge in [-0.3, -0.25) is 0 Å². The van der Waals surface area contributed by atoms with Crippen molar-refractivity contribution in [3.8, 4) is 27.7 Å². The minimum Gasteiger partial charge on any atom is -0.496 e. The first-order valence-corrected chi connectivity index (χ1v) is 8.42. The van der Waals surface area contributed by atoms with Gasteiger partial charge in [-0.1, -0.05) is 35.6 Å². The Balaban J connectivity index is 1.83. The molecule has 24 heavy (non-hydrogen) atoms. The number of benzene rings is 2. The van der Waals surface area contributed by atoms with Gasteiger partial charge in [-0.2, -0.15) is 9.61 Å². The van der Waals surface area contributed by atoms with Crippen molar-refractivity contribution >= 4 is 16.3 Å². The molecule has 2 heterocycles. The van der Waals surface area contributed by atoms with Crippen LogP contribution in [0.5, 0.6) is 5.75 Å². The fourth-order valence-electron chi connectivity index (χ4n) is 2.74. The topological polar surface area (TPSA) is 52.3 Å². The lowest BCUT2D eigenvalue weighted by Gasteiger charge is -2.05. The minimum absolute atomic E-state index is 0.774. The zero-order valence-electron chi connectivity index (χ0n) is 13.6. The molecule has 2 aromatic heterocycles.